The van der Waals surface area contributed by atoms with E-state index in [4.69, 9.17) is 26.5 Å². The standard InChI is InChI=1S/C16H27N2O4PS.C2H6/c1-3-4-5-6-7-10-15(24)18-16(13(2)22-23(19,20)21)14-9-8-11-17-12-14;1-2/h8-9,11-13,16H,3-7,10H2,1-2H3,(H,18,24)(H2,19,20,21);1-2H3. The van der Waals surface area contributed by atoms with Gasteiger partial charge in [0.2, 0.25) is 0 Å². The lowest BCUT2D eigenvalue weighted by atomic mass is 10.0. The van der Waals surface area contributed by atoms with Crippen molar-refractivity contribution in [3.63, 3.8) is 0 Å². The Balaban J connectivity index is 0.00000301. The second-order valence-corrected chi connectivity index (χ2v) is 7.48. The highest BCUT2D eigenvalue weighted by molar-refractivity contribution is 7.80. The summed E-state index contributed by atoms with van der Waals surface area (Å²) in [6.45, 7) is 7.78. The Morgan fingerprint density at radius 3 is 2.50 bits per heavy atom. The Bertz CT molecular complexity index is 539. The van der Waals surface area contributed by atoms with Crippen LogP contribution < -0.4 is 5.32 Å². The quantitative estimate of drug-likeness (QED) is 0.274. The first kappa shape index (κ1) is 25.1. The van der Waals surface area contributed by atoms with Gasteiger partial charge < -0.3 is 15.1 Å². The van der Waals surface area contributed by atoms with Crippen molar-refractivity contribution in [1.82, 2.24) is 10.3 Å². The monoisotopic (exact) mass is 404 g/mol. The molecule has 150 valence electrons. The Labute approximate surface area is 163 Å². The molecule has 0 fully saturated rings. The van der Waals surface area contributed by atoms with Gasteiger partial charge in [0.05, 0.1) is 17.1 Å². The highest BCUT2D eigenvalue weighted by Crippen LogP contribution is 2.40. The summed E-state index contributed by atoms with van der Waals surface area (Å²) in [5.74, 6) is 0. The molecule has 0 aliphatic heterocycles. The van der Waals surface area contributed by atoms with E-state index in [1.807, 2.05) is 19.9 Å². The molecule has 8 heteroatoms. The predicted molar refractivity (Wildman–Crippen MR) is 110 cm³/mol. The van der Waals surface area contributed by atoms with Gasteiger partial charge in [-0.2, -0.15) is 0 Å². The maximum atomic E-state index is 11.1. The van der Waals surface area contributed by atoms with E-state index in [1.165, 1.54) is 19.3 Å². The van der Waals surface area contributed by atoms with Gasteiger partial charge >= 0.3 is 7.82 Å². The third-order valence-electron chi connectivity index (χ3n) is 3.64. The molecule has 0 saturated carbocycles. The number of nitrogens with zero attached hydrogens (tertiary/aromatic N) is 1. The van der Waals surface area contributed by atoms with Crippen LogP contribution in [0.5, 0.6) is 0 Å². The lowest BCUT2D eigenvalue weighted by molar-refractivity contribution is 0.121. The van der Waals surface area contributed by atoms with E-state index in [2.05, 4.69) is 17.2 Å². The number of unbranched alkanes of at least 4 members (excludes halogenated alkanes) is 4. The van der Waals surface area contributed by atoms with Gasteiger partial charge in [0.15, 0.2) is 0 Å². The fraction of sp³-hybridized carbons (Fsp3) is 0.667. The number of aromatic nitrogens is 1. The van der Waals surface area contributed by atoms with E-state index in [-0.39, 0.29) is 0 Å². The van der Waals surface area contributed by atoms with Crippen LogP contribution in [-0.2, 0) is 9.09 Å². The Morgan fingerprint density at radius 2 is 1.96 bits per heavy atom. The van der Waals surface area contributed by atoms with Crippen LogP contribution in [0.15, 0.2) is 24.5 Å². The molecule has 0 aliphatic carbocycles. The average Bonchev–Trinajstić information content (AvgIpc) is 2.60. The minimum atomic E-state index is -4.58. The van der Waals surface area contributed by atoms with E-state index >= 15 is 0 Å². The smallest absolute Gasteiger partial charge is 0.370 e. The first-order valence-electron chi connectivity index (χ1n) is 9.26. The highest BCUT2D eigenvalue weighted by Gasteiger charge is 2.27. The Morgan fingerprint density at radius 1 is 1.31 bits per heavy atom. The van der Waals surface area contributed by atoms with E-state index in [0.717, 1.165) is 24.8 Å². The molecule has 0 bridgehead atoms. The minimum Gasteiger partial charge on any atom is -0.370 e. The SMILES string of the molecule is CC.CCCCCCCC(=S)NC(c1cccnc1)C(C)OP(=O)(O)O. The highest BCUT2D eigenvalue weighted by atomic mass is 32.1. The van der Waals surface area contributed by atoms with Crippen molar-refractivity contribution in [3.8, 4) is 0 Å². The van der Waals surface area contributed by atoms with Crippen molar-refractivity contribution >= 4 is 25.0 Å². The number of thiocarbonyl (C=S) groups is 1. The van der Waals surface area contributed by atoms with Crippen LogP contribution in [0.25, 0.3) is 0 Å². The normalized spacial score (nSPS) is 13.3. The van der Waals surface area contributed by atoms with Gasteiger partial charge in [-0.15, -0.1) is 0 Å². The fourth-order valence-electron chi connectivity index (χ4n) is 2.44. The molecule has 0 aromatic carbocycles. The van der Waals surface area contributed by atoms with Gasteiger partial charge in [-0.05, 0) is 31.4 Å². The van der Waals surface area contributed by atoms with Gasteiger partial charge in [-0.3, -0.25) is 9.51 Å². The lowest BCUT2D eigenvalue weighted by Gasteiger charge is -2.26. The zero-order valence-corrected chi connectivity index (χ0v) is 17.9. The molecule has 0 spiro atoms. The molecule has 26 heavy (non-hydrogen) atoms. The predicted octanol–water partition coefficient (Wildman–Crippen LogP) is 4.92. The third-order valence-corrected chi connectivity index (χ3v) is 4.57. The summed E-state index contributed by atoms with van der Waals surface area (Å²) < 4.78 is 16.0. The topological polar surface area (TPSA) is 91.7 Å². The second-order valence-electron chi connectivity index (χ2n) is 5.80. The third kappa shape index (κ3) is 11.7. The number of phosphoric acid groups is 1. The van der Waals surface area contributed by atoms with Crippen molar-refractivity contribution in [2.45, 2.75) is 78.4 Å². The molecule has 1 aromatic heterocycles. The molecule has 0 aliphatic rings. The maximum Gasteiger partial charge on any atom is 0.469 e. The molecule has 3 N–H and O–H groups in total. The molecule has 1 aromatic rings. The second kappa shape index (κ2) is 14.2. The summed E-state index contributed by atoms with van der Waals surface area (Å²) >= 11 is 5.39. The molecule has 0 saturated heterocycles. The zero-order valence-electron chi connectivity index (χ0n) is 16.2. The molecule has 2 atom stereocenters. The number of pyridine rings is 1. The molecular formula is C18H33N2O4PS. The largest absolute Gasteiger partial charge is 0.469 e. The van der Waals surface area contributed by atoms with E-state index in [9.17, 15) is 4.57 Å². The first-order valence-corrected chi connectivity index (χ1v) is 11.2. The summed E-state index contributed by atoms with van der Waals surface area (Å²) in [6, 6.07) is 3.13. The summed E-state index contributed by atoms with van der Waals surface area (Å²) in [6.07, 6.45) is 9.02. The van der Waals surface area contributed by atoms with Crippen molar-refractivity contribution in [3.05, 3.63) is 30.1 Å². The van der Waals surface area contributed by atoms with Gasteiger partial charge in [-0.1, -0.05) is 64.7 Å². The van der Waals surface area contributed by atoms with Crippen LogP contribution in [0, 0.1) is 0 Å². The molecule has 0 amide bonds. The molecule has 1 rings (SSSR count). The molecule has 6 nitrogen and oxygen atoms in total. The molecule has 2 unspecified atom stereocenters. The van der Waals surface area contributed by atoms with Gasteiger partial charge in [0, 0.05) is 12.4 Å². The number of phosphoric ester groups is 1. The van der Waals surface area contributed by atoms with Gasteiger partial charge in [0.25, 0.3) is 0 Å². The number of hydrogen-bond acceptors (Lipinski definition) is 4. The number of nitrogens with one attached hydrogen (secondary N) is 1. The van der Waals surface area contributed by atoms with Crippen molar-refractivity contribution in [2.24, 2.45) is 0 Å². The molecule has 1 heterocycles. The number of hydrogen-bond donors (Lipinski definition) is 3. The van der Waals surface area contributed by atoms with Crippen LogP contribution in [0.4, 0.5) is 0 Å². The summed E-state index contributed by atoms with van der Waals surface area (Å²) in [4.78, 5) is 22.8. The van der Waals surface area contributed by atoms with Gasteiger partial charge in [0.1, 0.15) is 0 Å². The molecular weight excluding hydrogens is 371 g/mol. The van der Waals surface area contributed by atoms with Crippen LogP contribution in [0.3, 0.4) is 0 Å². The Hall–Kier alpha value is -0.850. The fourth-order valence-corrected chi connectivity index (χ4v) is 3.27. The van der Waals surface area contributed by atoms with E-state index in [1.54, 1.807) is 25.4 Å². The van der Waals surface area contributed by atoms with Crippen LogP contribution in [-0.4, -0.2) is 25.9 Å². The Kier molecular flexibility index (Phi) is 13.8. The van der Waals surface area contributed by atoms with E-state index in [0.29, 0.717) is 4.99 Å². The van der Waals surface area contributed by atoms with E-state index < -0.39 is 20.0 Å². The summed E-state index contributed by atoms with van der Waals surface area (Å²) in [7, 11) is -4.58. The average molecular weight is 405 g/mol. The lowest BCUT2D eigenvalue weighted by Crippen LogP contribution is -2.35. The minimum absolute atomic E-state index is 0.463. The first-order chi connectivity index (χ1) is 12.3. The van der Waals surface area contributed by atoms with Gasteiger partial charge in [-0.25, -0.2) is 4.57 Å². The van der Waals surface area contributed by atoms with Crippen LogP contribution in [0.1, 0.15) is 77.8 Å². The molecule has 0 radical (unpaired) electrons. The number of rotatable bonds is 11. The van der Waals surface area contributed by atoms with Crippen LogP contribution in [0.2, 0.25) is 0 Å². The van der Waals surface area contributed by atoms with Crippen LogP contribution >= 0.6 is 20.0 Å². The maximum absolute atomic E-state index is 11.1. The summed E-state index contributed by atoms with van der Waals surface area (Å²) in [5.41, 5.74) is 0.770. The van der Waals surface area contributed by atoms with Crippen molar-refractivity contribution < 1.29 is 18.9 Å². The van der Waals surface area contributed by atoms with Crippen molar-refractivity contribution in [2.75, 3.05) is 0 Å². The zero-order chi connectivity index (χ0) is 20.0. The summed E-state index contributed by atoms with van der Waals surface area (Å²) in [5, 5.41) is 3.17. The van der Waals surface area contributed by atoms with Crippen molar-refractivity contribution in [1.29, 1.82) is 0 Å².